The van der Waals surface area contributed by atoms with Gasteiger partial charge < -0.3 is 4.90 Å². The van der Waals surface area contributed by atoms with Gasteiger partial charge in [0.25, 0.3) is 5.56 Å². The van der Waals surface area contributed by atoms with Gasteiger partial charge in [-0.3, -0.25) is 14.2 Å². The van der Waals surface area contributed by atoms with Gasteiger partial charge >= 0.3 is 0 Å². The van der Waals surface area contributed by atoms with Crippen molar-refractivity contribution in [2.45, 2.75) is 33.4 Å². The van der Waals surface area contributed by atoms with Crippen molar-refractivity contribution >= 4 is 27.5 Å². The molecule has 31 heavy (non-hydrogen) atoms. The van der Waals surface area contributed by atoms with E-state index < -0.39 is 0 Å². The number of thiophene rings is 1. The maximum absolute atomic E-state index is 13.2. The highest BCUT2D eigenvalue weighted by molar-refractivity contribution is 7.17. The topological polar surface area (TPSA) is 55.2 Å². The lowest BCUT2D eigenvalue weighted by molar-refractivity contribution is -0.130. The fraction of sp³-hybridized carbons (Fsp3) is 0.240. The Balaban J connectivity index is 1.50. The van der Waals surface area contributed by atoms with E-state index in [9.17, 15) is 9.59 Å². The number of aryl methyl sites for hydroxylation is 3. The number of hydrogen-bond acceptors (Lipinski definition) is 4. The summed E-state index contributed by atoms with van der Waals surface area (Å²) in [5.41, 5.74) is 5.25. The first kappa shape index (κ1) is 21.0. The molecule has 2 heterocycles. The van der Waals surface area contributed by atoms with Crippen molar-refractivity contribution in [3.05, 3.63) is 87.3 Å². The summed E-state index contributed by atoms with van der Waals surface area (Å²) in [6, 6.07) is 16.3. The average Bonchev–Trinajstić information content (AvgIpc) is 3.20. The third kappa shape index (κ3) is 4.59. The molecule has 0 spiro atoms. The summed E-state index contributed by atoms with van der Waals surface area (Å²) < 4.78 is 1.55. The highest BCUT2D eigenvalue weighted by Crippen LogP contribution is 2.30. The van der Waals surface area contributed by atoms with Crippen molar-refractivity contribution in [3.63, 3.8) is 0 Å². The Morgan fingerprint density at radius 3 is 2.35 bits per heavy atom. The number of hydrogen-bond donors (Lipinski definition) is 0. The van der Waals surface area contributed by atoms with E-state index in [1.165, 1.54) is 22.5 Å². The molecule has 4 rings (SSSR count). The number of rotatable bonds is 6. The van der Waals surface area contributed by atoms with Crippen LogP contribution in [0.25, 0.3) is 21.3 Å². The molecule has 2 aromatic heterocycles. The first-order chi connectivity index (χ1) is 14.9. The number of benzene rings is 2. The molecule has 158 valence electrons. The number of amides is 1. The third-order valence-corrected chi connectivity index (χ3v) is 6.34. The van der Waals surface area contributed by atoms with Crippen LogP contribution in [0.3, 0.4) is 0 Å². The minimum absolute atomic E-state index is 0.00310. The van der Waals surface area contributed by atoms with E-state index in [0.717, 1.165) is 21.5 Å². The van der Waals surface area contributed by atoms with E-state index in [1.54, 1.807) is 22.8 Å². The molecule has 0 saturated carbocycles. The van der Waals surface area contributed by atoms with Crippen molar-refractivity contribution in [3.8, 4) is 11.1 Å². The molecule has 4 aromatic rings. The molecule has 0 saturated heterocycles. The van der Waals surface area contributed by atoms with Crippen LogP contribution in [0.5, 0.6) is 0 Å². The Labute approximate surface area is 185 Å². The SMILES string of the molecule is Cc1ccc(CN(C)C(=O)CCn2cnc3scc(-c4ccc(C)cc4)c3c2=O)cc1. The highest BCUT2D eigenvalue weighted by Gasteiger charge is 2.15. The standard InChI is InChI=1S/C25H25N3O2S/c1-17-4-8-19(9-5-17)14-27(3)22(29)12-13-28-16-26-24-23(25(28)30)21(15-31-24)20-10-6-18(2)7-11-20/h4-11,15-16H,12-14H2,1-3H3. The molecule has 0 unspecified atom stereocenters. The summed E-state index contributed by atoms with van der Waals surface area (Å²) in [7, 11) is 1.79. The Hall–Kier alpha value is -3.25. The first-order valence-electron chi connectivity index (χ1n) is 10.3. The molecule has 0 bridgehead atoms. The van der Waals surface area contributed by atoms with Crippen LogP contribution in [0, 0.1) is 13.8 Å². The van der Waals surface area contributed by atoms with Crippen LogP contribution in [0.1, 0.15) is 23.1 Å². The zero-order valence-corrected chi connectivity index (χ0v) is 18.8. The first-order valence-corrected chi connectivity index (χ1v) is 11.1. The minimum Gasteiger partial charge on any atom is -0.341 e. The molecule has 0 aliphatic heterocycles. The van der Waals surface area contributed by atoms with Crippen LogP contribution in [0.15, 0.2) is 65.0 Å². The maximum atomic E-state index is 13.2. The summed E-state index contributed by atoms with van der Waals surface area (Å²) in [4.78, 5) is 32.7. The molecular formula is C25H25N3O2S. The molecule has 0 aliphatic carbocycles. The van der Waals surface area contributed by atoms with Crippen LogP contribution in [0.4, 0.5) is 0 Å². The lowest BCUT2D eigenvalue weighted by Gasteiger charge is -2.17. The fourth-order valence-corrected chi connectivity index (χ4v) is 4.44. The van der Waals surface area contributed by atoms with E-state index in [-0.39, 0.29) is 17.9 Å². The molecule has 0 N–H and O–H groups in total. The number of fused-ring (bicyclic) bond motifs is 1. The monoisotopic (exact) mass is 431 g/mol. The highest BCUT2D eigenvalue weighted by atomic mass is 32.1. The van der Waals surface area contributed by atoms with Gasteiger partial charge in [-0.2, -0.15) is 0 Å². The van der Waals surface area contributed by atoms with Gasteiger partial charge in [-0.1, -0.05) is 59.7 Å². The summed E-state index contributed by atoms with van der Waals surface area (Å²) in [6.45, 7) is 4.94. The molecule has 0 fully saturated rings. The quantitative estimate of drug-likeness (QED) is 0.441. The lowest BCUT2D eigenvalue weighted by Crippen LogP contribution is -2.29. The number of carbonyl (C=O) groups excluding carboxylic acids is 1. The van der Waals surface area contributed by atoms with Crippen molar-refractivity contribution in [1.82, 2.24) is 14.5 Å². The zero-order chi connectivity index (χ0) is 22.0. The Morgan fingerprint density at radius 2 is 1.68 bits per heavy atom. The molecule has 6 heteroatoms. The van der Waals surface area contributed by atoms with Crippen molar-refractivity contribution < 1.29 is 4.79 Å². The molecular weight excluding hydrogens is 406 g/mol. The second-order valence-corrected chi connectivity index (χ2v) is 8.78. The summed E-state index contributed by atoms with van der Waals surface area (Å²) in [5.74, 6) is -0.00310. The predicted octanol–water partition coefficient (Wildman–Crippen LogP) is 4.79. The van der Waals surface area contributed by atoms with E-state index in [0.29, 0.717) is 18.5 Å². The second-order valence-electron chi connectivity index (χ2n) is 7.92. The van der Waals surface area contributed by atoms with Crippen LogP contribution in [-0.2, 0) is 17.9 Å². The minimum atomic E-state index is -0.101. The van der Waals surface area contributed by atoms with Crippen molar-refractivity contribution in [2.75, 3.05) is 7.05 Å². The molecule has 5 nitrogen and oxygen atoms in total. The van der Waals surface area contributed by atoms with Gasteiger partial charge in [0, 0.05) is 37.5 Å². The van der Waals surface area contributed by atoms with E-state index in [1.807, 2.05) is 67.8 Å². The third-order valence-electron chi connectivity index (χ3n) is 5.46. The summed E-state index contributed by atoms with van der Waals surface area (Å²) >= 11 is 1.47. The van der Waals surface area contributed by atoms with E-state index >= 15 is 0 Å². The van der Waals surface area contributed by atoms with Gasteiger partial charge in [0.05, 0.1) is 11.7 Å². The van der Waals surface area contributed by atoms with Crippen LogP contribution in [-0.4, -0.2) is 27.4 Å². The smallest absolute Gasteiger partial charge is 0.262 e. The van der Waals surface area contributed by atoms with Crippen molar-refractivity contribution in [2.24, 2.45) is 0 Å². The zero-order valence-electron chi connectivity index (χ0n) is 18.0. The van der Waals surface area contributed by atoms with Gasteiger partial charge in [-0.15, -0.1) is 11.3 Å². The van der Waals surface area contributed by atoms with Gasteiger partial charge in [-0.25, -0.2) is 4.98 Å². The fourth-order valence-electron chi connectivity index (χ4n) is 3.53. The van der Waals surface area contributed by atoms with Gasteiger partial charge in [-0.05, 0) is 25.0 Å². The van der Waals surface area contributed by atoms with Crippen molar-refractivity contribution in [1.29, 1.82) is 0 Å². The molecule has 0 atom stereocenters. The second kappa shape index (κ2) is 8.86. The maximum Gasteiger partial charge on any atom is 0.262 e. The van der Waals surface area contributed by atoms with Gasteiger partial charge in [0.1, 0.15) is 4.83 Å². The number of aromatic nitrogens is 2. The average molecular weight is 432 g/mol. The number of carbonyl (C=O) groups is 1. The Morgan fingerprint density at radius 1 is 1.03 bits per heavy atom. The largest absolute Gasteiger partial charge is 0.341 e. The molecule has 0 radical (unpaired) electrons. The normalized spacial score (nSPS) is 11.1. The van der Waals surface area contributed by atoms with Crippen LogP contribution >= 0.6 is 11.3 Å². The van der Waals surface area contributed by atoms with Crippen LogP contribution in [0.2, 0.25) is 0 Å². The van der Waals surface area contributed by atoms with Gasteiger partial charge in [0.2, 0.25) is 5.91 Å². The van der Waals surface area contributed by atoms with E-state index in [4.69, 9.17) is 0 Å². The van der Waals surface area contributed by atoms with Crippen LogP contribution < -0.4 is 5.56 Å². The van der Waals surface area contributed by atoms with E-state index in [2.05, 4.69) is 4.98 Å². The van der Waals surface area contributed by atoms with Gasteiger partial charge in [0.15, 0.2) is 0 Å². The molecule has 0 aliphatic rings. The molecule has 1 amide bonds. The summed E-state index contributed by atoms with van der Waals surface area (Å²) in [6.07, 6.45) is 1.80. The number of nitrogens with zero attached hydrogens (tertiary/aromatic N) is 3. The predicted molar refractivity (Wildman–Crippen MR) is 126 cm³/mol. The summed E-state index contributed by atoms with van der Waals surface area (Å²) in [5, 5.41) is 2.60. The Kier molecular flexibility index (Phi) is 6.00. The molecule has 2 aromatic carbocycles. The lowest BCUT2D eigenvalue weighted by atomic mass is 10.1. The Bertz CT molecular complexity index is 1270.